The van der Waals surface area contributed by atoms with Gasteiger partial charge >= 0.3 is 0 Å². The van der Waals surface area contributed by atoms with Crippen molar-refractivity contribution in [2.45, 2.75) is 18.7 Å². The molecule has 0 aromatic heterocycles. The van der Waals surface area contributed by atoms with Gasteiger partial charge in [-0.3, -0.25) is 4.31 Å². The van der Waals surface area contributed by atoms with Gasteiger partial charge in [0.15, 0.2) is 0 Å². The van der Waals surface area contributed by atoms with E-state index in [1.54, 1.807) is 19.1 Å². The highest BCUT2D eigenvalue weighted by molar-refractivity contribution is 7.93. The predicted octanol–water partition coefficient (Wildman–Crippen LogP) is 3.45. The van der Waals surface area contributed by atoms with Crippen molar-refractivity contribution in [1.29, 1.82) is 0 Å². The number of hydrogen-bond acceptors (Lipinski definition) is 3. The Labute approximate surface area is 130 Å². The molecule has 0 spiro atoms. The molecule has 0 bridgehead atoms. The molecule has 0 aliphatic carbocycles. The van der Waals surface area contributed by atoms with Crippen LogP contribution in [-0.4, -0.2) is 15.0 Å². The van der Waals surface area contributed by atoms with Gasteiger partial charge in [0.25, 0.3) is 10.0 Å². The highest BCUT2D eigenvalue weighted by Crippen LogP contribution is 2.31. The van der Waals surface area contributed by atoms with Crippen LogP contribution in [0.2, 0.25) is 5.02 Å². The van der Waals surface area contributed by atoms with Crippen molar-refractivity contribution in [2.24, 2.45) is 0 Å². The molecule has 0 unspecified atom stereocenters. The molecule has 0 aliphatic rings. The first-order chi connectivity index (χ1) is 9.87. The standard InChI is InChI=1S/C15H17ClN2O2S/c1-3-18(14-7-5-4-6-11(14)2)21(19,20)15-10-12(17)8-9-13(15)16/h4-10H,3,17H2,1-2H3. The van der Waals surface area contributed by atoms with Gasteiger partial charge in [-0.25, -0.2) is 8.42 Å². The smallest absolute Gasteiger partial charge is 0.265 e. The molecule has 21 heavy (non-hydrogen) atoms. The SMILES string of the molecule is CCN(c1ccccc1C)S(=O)(=O)c1cc(N)ccc1Cl. The zero-order valence-electron chi connectivity index (χ0n) is 11.9. The fourth-order valence-corrected chi connectivity index (χ4v) is 4.20. The van der Waals surface area contributed by atoms with Crippen molar-refractivity contribution in [1.82, 2.24) is 0 Å². The third-order valence-corrected chi connectivity index (χ3v) is 5.57. The van der Waals surface area contributed by atoms with E-state index in [4.69, 9.17) is 17.3 Å². The Bertz CT molecular complexity index is 760. The number of para-hydroxylation sites is 1. The summed E-state index contributed by atoms with van der Waals surface area (Å²) in [5.41, 5.74) is 7.57. The predicted molar refractivity (Wildman–Crippen MR) is 87.2 cm³/mol. The molecular formula is C15H17ClN2O2S. The minimum Gasteiger partial charge on any atom is -0.399 e. The summed E-state index contributed by atoms with van der Waals surface area (Å²) in [5.74, 6) is 0. The van der Waals surface area contributed by atoms with Crippen LogP contribution < -0.4 is 10.0 Å². The van der Waals surface area contributed by atoms with E-state index in [1.807, 2.05) is 25.1 Å². The van der Waals surface area contributed by atoms with Crippen LogP contribution in [0.5, 0.6) is 0 Å². The van der Waals surface area contributed by atoms with Crippen molar-refractivity contribution < 1.29 is 8.42 Å². The topological polar surface area (TPSA) is 63.4 Å². The number of nitrogen functional groups attached to an aromatic ring is 1. The van der Waals surface area contributed by atoms with Crippen LogP contribution in [0.3, 0.4) is 0 Å². The highest BCUT2D eigenvalue weighted by Gasteiger charge is 2.27. The van der Waals surface area contributed by atoms with Crippen LogP contribution in [-0.2, 0) is 10.0 Å². The average molecular weight is 325 g/mol. The number of nitrogens with zero attached hydrogens (tertiary/aromatic N) is 1. The van der Waals surface area contributed by atoms with E-state index in [1.165, 1.54) is 16.4 Å². The summed E-state index contributed by atoms with van der Waals surface area (Å²) in [5, 5.41) is 0.163. The van der Waals surface area contributed by atoms with E-state index in [-0.39, 0.29) is 9.92 Å². The molecule has 0 amide bonds. The zero-order valence-corrected chi connectivity index (χ0v) is 13.4. The fourth-order valence-electron chi connectivity index (χ4n) is 2.15. The summed E-state index contributed by atoms with van der Waals surface area (Å²) >= 11 is 6.05. The number of halogens is 1. The lowest BCUT2D eigenvalue weighted by molar-refractivity contribution is 0.592. The van der Waals surface area contributed by atoms with Gasteiger partial charge < -0.3 is 5.73 Å². The van der Waals surface area contributed by atoms with Gasteiger partial charge in [0.05, 0.1) is 10.7 Å². The molecule has 2 aromatic carbocycles. The molecule has 112 valence electrons. The Balaban J connectivity index is 2.61. The lowest BCUT2D eigenvalue weighted by Gasteiger charge is -2.25. The molecule has 0 aliphatic heterocycles. The summed E-state index contributed by atoms with van der Waals surface area (Å²) < 4.78 is 27.1. The Morgan fingerprint density at radius 2 is 1.86 bits per heavy atom. The summed E-state index contributed by atoms with van der Waals surface area (Å²) in [4.78, 5) is 0.0225. The molecule has 0 fully saturated rings. The van der Waals surface area contributed by atoms with Crippen molar-refractivity contribution in [3.8, 4) is 0 Å². The van der Waals surface area contributed by atoms with Crippen LogP contribution in [0.1, 0.15) is 12.5 Å². The summed E-state index contributed by atoms with van der Waals surface area (Å²) in [7, 11) is -3.76. The van der Waals surface area contributed by atoms with Gasteiger partial charge in [-0.15, -0.1) is 0 Å². The normalized spacial score (nSPS) is 11.4. The monoisotopic (exact) mass is 324 g/mol. The molecule has 2 rings (SSSR count). The molecule has 0 saturated carbocycles. The number of nitrogens with two attached hydrogens (primary N) is 1. The third kappa shape index (κ3) is 2.99. The number of anilines is 2. The molecule has 4 nitrogen and oxygen atoms in total. The van der Waals surface area contributed by atoms with Gasteiger partial charge in [-0.1, -0.05) is 29.8 Å². The number of sulfonamides is 1. The first-order valence-electron chi connectivity index (χ1n) is 6.51. The molecule has 2 aromatic rings. The fraction of sp³-hybridized carbons (Fsp3) is 0.200. The zero-order chi connectivity index (χ0) is 15.6. The van der Waals surface area contributed by atoms with Crippen molar-refractivity contribution in [3.05, 3.63) is 53.1 Å². The Hall–Kier alpha value is -1.72. The quantitative estimate of drug-likeness (QED) is 0.876. The molecular weight excluding hydrogens is 308 g/mol. The maximum Gasteiger partial charge on any atom is 0.265 e. The molecule has 6 heteroatoms. The van der Waals surface area contributed by atoms with Crippen molar-refractivity contribution in [2.75, 3.05) is 16.6 Å². The maximum atomic E-state index is 12.9. The average Bonchev–Trinajstić information content (AvgIpc) is 2.44. The number of rotatable bonds is 4. The summed E-state index contributed by atoms with van der Waals surface area (Å²) in [6, 6.07) is 11.8. The van der Waals surface area contributed by atoms with E-state index in [2.05, 4.69) is 0 Å². The highest BCUT2D eigenvalue weighted by atomic mass is 35.5. The minimum absolute atomic E-state index is 0.0225. The van der Waals surface area contributed by atoms with Crippen LogP contribution in [0.15, 0.2) is 47.4 Å². The molecule has 0 atom stereocenters. The largest absolute Gasteiger partial charge is 0.399 e. The van der Waals surface area contributed by atoms with Gasteiger partial charge in [-0.05, 0) is 43.7 Å². The minimum atomic E-state index is -3.76. The van der Waals surface area contributed by atoms with Crippen LogP contribution in [0.4, 0.5) is 11.4 Å². The van der Waals surface area contributed by atoms with Crippen molar-refractivity contribution >= 4 is 33.0 Å². The lowest BCUT2D eigenvalue weighted by Crippen LogP contribution is -2.31. The van der Waals surface area contributed by atoms with Gasteiger partial charge in [-0.2, -0.15) is 0 Å². The van der Waals surface area contributed by atoms with E-state index in [9.17, 15) is 8.42 Å². The Kier molecular flexibility index (Phi) is 4.44. The van der Waals surface area contributed by atoms with E-state index >= 15 is 0 Å². The molecule has 0 saturated heterocycles. The molecule has 2 N–H and O–H groups in total. The number of hydrogen-bond donors (Lipinski definition) is 1. The van der Waals surface area contributed by atoms with Gasteiger partial charge in [0.1, 0.15) is 4.90 Å². The van der Waals surface area contributed by atoms with Crippen molar-refractivity contribution in [3.63, 3.8) is 0 Å². The van der Waals surface area contributed by atoms with Crippen LogP contribution in [0, 0.1) is 6.92 Å². The van der Waals surface area contributed by atoms with Gasteiger partial charge in [0.2, 0.25) is 0 Å². The molecule has 0 radical (unpaired) electrons. The second-order valence-corrected chi connectivity index (χ2v) is 6.88. The summed E-state index contributed by atoms with van der Waals surface area (Å²) in [6.45, 7) is 3.96. The first-order valence-corrected chi connectivity index (χ1v) is 8.33. The van der Waals surface area contributed by atoms with Gasteiger partial charge in [0, 0.05) is 12.2 Å². The number of benzene rings is 2. The van der Waals surface area contributed by atoms with E-state index in [0.717, 1.165) is 5.56 Å². The molecule has 0 heterocycles. The Morgan fingerprint density at radius 1 is 1.19 bits per heavy atom. The number of aryl methyl sites for hydroxylation is 1. The Morgan fingerprint density at radius 3 is 2.48 bits per heavy atom. The van der Waals surface area contributed by atoms with Crippen LogP contribution in [0.25, 0.3) is 0 Å². The maximum absolute atomic E-state index is 12.9. The van der Waals surface area contributed by atoms with Crippen LogP contribution >= 0.6 is 11.6 Å². The van der Waals surface area contributed by atoms with E-state index in [0.29, 0.717) is 17.9 Å². The summed E-state index contributed by atoms with van der Waals surface area (Å²) in [6.07, 6.45) is 0. The lowest BCUT2D eigenvalue weighted by atomic mass is 10.2. The second kappa shape index (κ2) is 5.95. The second-order valence-electron chi connectivity index (χ2n) is 4.65. The van der Waals surface area contributed by atoms with E-state index < -0.39 is 10.0 Å². The first kappa shape index (κ1) is 15.7. The third-order valence-electron chi connectivity index (χ3n) is 3.19.